The van der Waals surface area contributed by atoms with Gasteiger partial charge in [0, 0.05) is 20.2 Å². The van der Waals surface area contributed by atoms with Gasteiger partial charge < -0.3 is 14.7 Å². The Balaban J connectivity index is 2.56. The number of carbonyl (C=O) groups is 2. The van der Waals surface area contributed by atoms with E-state index in [0.717, 1.165) is 5.56 Å². The SMILES string of the molecule is COCC(=O)N(CCC(=O)O)CCc1ccc(F)cc1. The lowest BCUT2D eigenvalue weighted by molar-refractivity contribution is -0.139. The summed E-state index contributed by atoms with van der Waals surface area (Å²) >= 11 is 0. The molecule has 0 saturated heterocycles. The average molecular weight is 283 g/mol. The number of hydrogen-bond acceptors (Lipinski definition) is 3. The summed E-state index contributed by atoms with van der Waals surface area (Å²) in [5.74, 6) is -1.52. The van der Waals surface area contributed by atoms with Gasteiger partial charge in [0.25, 0.3) is 0 Å². The molecule has 0 spiro atoms. The van der Waals surface area contributed by atoms with Gasteiger partial charge in [-0.3, -0.25) is 9.59 Å². The standard InChI is InChI=1S/C14H18FNO4/c1-20-10-13(17)16(9-7-14(18)19)8-6-11-2-4-12(15)5-3-11/h2-5H,6-10H2,1H3,(H,18,19). The number of rotatable bonds is 8. The zero-order valence-corrected chi connectivity index (χ0v) is 11.3. The van der Waals surface area contributed by atoms with Crippen LogP contribution in [0, 0.1) is 5.82 Å². The molecule has 1 aromatic carbocycles. The quantitative estimate of drug-likeness (QED) is 0.781. The first-order chi connectivity index (χ1) is 9.52. The molecule has 0 heterocycles. The summed E-state index contributed by atoms with van der Waals surface area (Å²) < 4.78 is 17.5. The van der Waals surface area contributed by atoms with E-state index in [-0.39, 0.29) is 31.3 Å². The van der Waals surface area contributed by atoms with Crippen LogP contribution in [0.2, 0.25) is 0 Å². The van der Waals surface area contributed by atoms with Crippen LogP contribution in [-0.2, 0) is 20.7 Å². The zero-order chi connectivity index (χ0) is 15.0. The third-order valence-electron chi connectivity index (χ3n) is 2.80. The van der Waals surface area contributed by atoms with E-state index < -0.39 is 5.97 Å². The van der Waals surface area contributed by atoms with Crippen molar-refractivity contribution in [3.8, 4) is 0 Å². The van der Waals surface area contributed by atoms with Crippen molar-refractivity contribution in [3.63, 3.8) is 0 Å². The molecule has 0 aliphatic carbocycles. The van der Waals surface area contributed by atoms with Crippen molar-refractivity contribution in [1.29, 1.82) is 0 Å². The summed E-state index contributed by atoms with van der Waals surface area (Å²) in [4.78, 5) is 23.8. The maximum absolute atomic E-state index is 12.8. The minimum absolute atomic E-state index is 0.0803. The van der Waals surface area contributed by atoms with Gasteiger partial charge in [-0.15, -0.1) is 0 Å². The molecule has 1 amide bonds. The number of halogens is 1. The molecule has 0 radical (unpaired) electrons. The molecule has 1 N–H and O–H groups in total. The lowest BCUT2D eigenvalue weighted by Gasteiger charge is -2.21. The third-order valence-corrected chi connectivity index (χ3v) is 2.80. The maximum Gasteiger partial charge on any atom is 0.305 e. The molecule has 1 aromatic rings. The smallest absolute Gasteiger partial charge is 0.305 e. The summed E-state index contributed by atoms with van der Waals surface area (Å²) in [5, 5.41) is 8.68. The molecule has 0 aliphatic heterocycles. The van der Waals surface area contributed by atoms with E-state index in [1.54, 1.807) is 12.1 Å². The highest BCUT2D eigenvalue weighted by Gasteiger charge is 2.14. The number of hydrogen-bond donors (Lipinski definition) is 1. The summed E-state index contributed by atoms with van der Waals surface area (Å²) in [6, 6.07) is 6.00. The molecule has 0 bridgehead atoms. The summed E-state index contributed by atoms with van der Waals surface area (Å²) in [6.45, 7) is 0.433. The fourth-order valence-electron chi connectivity index (χ4n) is 1.72. The van der Waals surface area contributed by atoms with Gasteiger partial charge in [0.2, 0.25) is 5.91 Å². The molecule has 110 valence electrons. The Bertz CT molecular complexity index is 447. The Morgan fingerprint density at radius 2 is 1.90 bits per heavy atom. The Labute approximate surface area is 117 Å². The van der Waals surface area contributed by atoms with E-state index >= 15 is 0 Å². The fourth-order valence-corrected chi connectivity index (χ4v) is 1.72. The molecule has 0 unspecified atom stereocenters. The lowest BCUT2D eigenvalue weighted by atomic mass is 10.1. The summed E-state index contributed by atoms with van der Waals surface area (Å²) in [6.07, 6.45) is 0.425. The molecule has 5 nitrogen and oxygen atoms in total. The highest BCUT2D eigenvalue weighted by molar-refractivity contribution is 5.78. The van der Waals surface area contributed by atoms with E-state index in [9.17, 15) is 14.0 Å². The number of carboxylic acid groups (broad SMARTS) is 1. The number of benzene rings is 1. The highest BCUT2D eigenvalue weighted by atomic mass is 19.1. The first kappa shape index (κ1) is 16.1. The van der Waals surface area contributed by atoms with Crippen molar-refractivity contribution in [3.05, 3.63) is 35.6 Å². The monoisotopic (exact) mass is 283 g/mol. The Kier molecular flexibility index (Phi) is 6.66. The number of aliphatic carboxylic acids is 1. The predicted molar refractivity (Wildman–Crippen MR) is 70.8 cm³/mol. The van der Waals surface area contributed by atoms with Crippen LogP contribution < -0.4 is 0 Å². The first-order valence-corrected chi connectivity index (χ1v) is 6.26. The van der Waals surface area contributed by atoms with Crippen molar-refractivity contribution >= 4 is 11.9 Å². The van der Waals surface area contributed by atoms with E-state index in [1.807, 2.05) is 0 Å². The second-order valence-electron chi connectivity index (χ2n) is 4.33. The molecular formula is C14H18FNO4. The predicted octanol–water partition coefficient (Wildman–Crippen LogP) is 1.32. The van der Waals surface area contributed by atoms with Gasteiger partial charge in [-0.2, -0.15) is 0 Å². The molecule has 6 heteroatoms. The second kappa shape index (κ2) is 8.27. The van der Waals surface area contributed by atoms with Crippen LogP contribution in [0.25, 0.3) is 0 Å². The van der Waals surface area contributed by atoms with E-state index in [2.05, 4.69) is 0 Å². The van der Waals surface area contributed by atoms with Crippen LogP contribution in [0.3, 0.4) is 0 Å². The van der Waals surface area contributed by atoms with Crippen molar-refractivity contribution in [2.75, 3.05) is 26.8 Å². The Morgan fingerprint density at radius 1 is 1.25 bits per heavy atom. The van der Waals surface area contributed by atoms with Crippen LogP contribution in [-0.4, -0.2) is 48.7 Å². The highest BCUT2D eigenvalue weighted by Crippen LogP contribution is 2.05. The zero-order valence-electron chi connectivity index (χ0n) is 11.3. The molecular weight excluding hydrogens is 265 g/mol. The van der Waals surface area contributed by atoms with E-state index in [0.29, 0.717) is 13.0 Å². The van der Waals surface area contributed by atoms with Gasteiger partial charge in [0.1, 0.15) is 12.4 Å². The van der Waals surface area contributed by atoms with Gasteiger partial charge in [-0.25, -0.2) is 4.39 Å². The molecule has 0 atom stereocenters. The van der Waals surface area contributed by atoms with Crippen molar-refractivity contribution < 1.29 is 23.8 Å². The Hall–Kier alpha value is -1.95. The number of ether oxygens (including phenoxy) is 1. The van der Waals surface area contributed by atoms with Crippen LogP contribution in [0.15, 0.2) is 24.3 Å². The summed E-state index contributed by atoms with van der Waals surface area (Å²) in [7, 11) is 1.41. The minimum Gasteiger partial charge on any atom is -0.481 e. The van der Waals surface area contributed by atoms with Crippen molar-refractivity contribution in [2.24, 2.45) is 0 Å². The largest absolute Gasteiger partial charge is 0.481 e. The van der Waals surface area contributed by atoms with Gasteiger partial charge in [-0.05, 0) is 24.1 Å². The van der Waals surface area contributed by atoms with Crippen LogP contribution in [0.1, 0.15) is 12.0 Å². The van der Waals surface area contributed by atoms with Crippen LogP contribution in [0.5, 0.6) is 0 Å². The second-order valence-corrected chi connectivity index (χ2v) is 4.33. The number of carbonyl (C=O) groups excluding carboxylic acids is 1. The van der Waals surface area contributed by atoms with E-state index in [4.69, 9.17) is 9.84 Å². The molecule has 20 heavy (non-hydrogen) atoms. The maximum atomic E-state index is 12.8. The molecule has 0 aliphatic rings. The molecule has 0 aromatic heterocycles. The van der Waals surface area contributed by atoms with Crippen LogP contribution >= 0.6 is 0 Å². The first-order valence-electron chi connectivity index (χ1n) is 6.26. The normalized spacial score (nSPS) is 10.3. The average Bonchev–Trinajstić information content (AvgIpc) is 2.40. The van der Waals surface area contributed by atoms with Crippen LogP contribution in [0.4, 0.5) is 4.39 Å². The minimum atomic E-state index is -0.956. The topological polar surface area (TPSA) is 66.8 Å². The number of amides is 1. The van der Waals surface area contributed by atoms with E-state index in [1.165, 1.54) is 24.1 Å². The summed E-state index contributed by atoms with van der Waals surface area (Å²) in [5.41, 5.74) is 0.886. The molecule has 0 saturated carbocycles. The van der Waals surface area contributed by atoms with Gasteiger partial charge in [0.15, 0.2) is 0 Å². The molecule has 0 fully saturated rings. The fraction of sp³-hybridized carbons (Fsp3) is 0.429. The Morgan fingerprint density at radius 3 is 2.45 bits per heavy atom. The number of nitrogens with zero attached hydrogens (tertiary/aromatic N) is 1. The van der Waals surface area contributed by atoms with Gasteiger partial charge >= 0.3 is 5.97 Å². The lowest BCUT2D eigenvalue weighted by Crippen LogP contribution is -2.37. The van der Waals surface area contributed by atoms with Crippen molar-refractivity contribution in [2.45, 2.75) is 12.8 Å². The van der Waals surface area contributed by atoms with Gasteiger partial charge in [0.05, 0.1) is 6.42 Å². The van der Waals surface area contributed by atoms with Gasteiger partial charge in [-0.1, -0.05) is 12.1 Å². The molecule has 1 rings (SSSR count). The van der Waals surface area contributed by atoms with Crippen molar-refractivity contribution in [1.82, 2.24) is 4.90 Å². The number of methoxy groups -OCH3 is 1. The third kappa shape index (κ3) is 5.79. The number of carboxylic acids is 1.